The van der Waals surface area contributed by atoms with E-state index in [1.165, 1.54) is 11.1 Å². The van der Waals surface area contributed by atoms with Gasteiger partial charge in [-0.3, -0.25) is 0 Å². The maximum absolute atomic E-state index is 5.99. The molecule has 0 spiro atoms. The summed E-state index contributed by atoms with van der Waals surface area (Å²) in [6, 6.07) is 8.61. The van der Waals surface area contributed by atoms with Crippen molar-refractivity contribution in [2.75, 3.05) is 0 Å². The van der Waals surface area contributed by atoms with Crippen LogP contribution in [0.25, 0.3) is 0 Å². The molecule has 0 saturated carbocycles. The molecule has 0 fully saturated rings. The summed E-state index contributed by atoms with van der Waals surface area (Å²) in [6.07, 6.45) is 0. The molecule has 0 unspecified atom stereocenters. The van der Waals surface area contributed by atoms with E-state index in [4.69, 9.17) is 5.73 Å². The van der Waals surface area contributed by atoms with Crippen LogP contribution in [0.1, 0.15) is 31.0 Å². The molecule has 0 aliphatic heterocycles. The first kappa shape index (κ1) is 9.27. The van der Waals surface area contributed by atoms with Gasteiger partial charge >= 0.3 is 0 Å². The normalized spacial score (nSPS) is 13.4. The highest BCUT2D eigenvalue weighted by Gasteiger charge is 2.08. The van der Waals surface area contributed by atoms with E-state index in [1.54, 1.807) is 0 Å². The predicted molar refractivity (Wildman–Crippen MR) is 52.9 cm³/mol. The molecule has 0 aromatic heterocycles. The summed E-state index contributed by atoms with van der Waals surface area (Å²) in [5, 5.41) is 0. The zero-order valence-electron chi connectivity index (χ0n) is 8.04. The van der Waals surface area contributed by atoms with E-state index in [9.17, 15) is 0 Å². The molecule has 66 valence electrons. The summed E-state index contributed by atoms with van der Waals surface area (Å²) in [7, 11) is 0. The third kappa shape index (κ3) is 2.08. The Morgan fingerprint density at radius 2 is 1.58 bits per heavy atom. The van der Waals surface area contributed by atoms with E-state index in [0.29, 0.717) is 5.92 Å². The molecular weight excluding hydrogens is 146 g/mol. The van der Waals surface area contributed by atoms with Crippen LogP contribution in [0.15, 0.2) is 24.3 Å². The van der Waals surface area contributed by atoms with Gasteiger partial charge in [0.2, 0.25) is 0 Å². The van der Waals surface area contributed by atoms with E-state index in [-0.39, 0.29) is 6.04 Å². The first-order valence-corrected chi connectivity index (χ1v) is 4.43. The number of rotatable bonds is 2. The van der Waals surface area contributed by atoms with Crippen LogP contribution >= 0.6 is 0 Å². The second-order valence-corrected chi connectivity index (χ2v) is 3.68. The summed E-state index contributed by atoms with van der Waals surface area (Å²) in [5.74, 6) is 0.507. The minimum Gasteiger partial charge on any atom is -0.324 e. The van der Waals surface area contributed by atoms with Crippen LogP contribution in [0.3, 0.4) is 0 Å². The molecule has 1 heteroatoms. The zero-order chi connectivity index (χ0) is 9.14. The van der Waals surface area contributed by atoms with Crippen LogP contribution in [0.2, 0.25) is 0 Å². The third-order valence-corrected chi connectivity index (χ3v) is 2.18. The van der Waals surface area contributed by atoms with Crippen molar-refractivity contribution in [3.8, 4) is 0 Å². The van der Waals surface area contributed by atoms with Crippen molar-refractivity contribution < 1.29 is 0 Å². The fourth-order valence-electron chi connectivity index (χ4n) is 1.17. The van der Waals surface area contributed by atoms with Crippen molar-refractivity contribution in [1.29, 1.82) is 0 Å². The Morgan fingerprint density at radius 1 is 1.08 bits per heavy atom. The summed E-state index contributed by atoms with van der Waals surface area (Å²) in [4.78, 5) is 0. The Labute approximate surface area is 74.6 Å². The number of hydrogen-bond donors (Lipinski definition) is 1. The summed E-state index contributed by atoms with van der Waals surface area (Å²) < 4.78 is 0. The van der Waals surface area contributed by atoms with Crippen molar-refractivity contribution in [3.63, 3.8) is 0 Å². The molecule has 1 aromatic rings. The zero-order valence-corrected chi connectivity index (χ0v) is 8.04. The molecule has 0 aliphatic carbocycles. The molecular formula is C11H17N. The maximum Gasteiger partial charge on any atom is 0.0318 e. The Kier molecular flexibility index (Phi) is 2.88. The van der Waals surface area contributed by atoms with E-state index in [2.05, 4.69) is 45.0 Å². The monoisotopic (exact) mass is 163 g/mol. The fraction of sp³-hybridized carbons (Fsp3) is 0.455. The van der Waals surface area contributed by atoms with Gasteiger partial charge in [0.25, 0.3) is 0 Å². The molecule has 0 aliphatic rings. The van der Waals surface area contributed by atoms with Crippen molar-refractivity contribution >= 4 is 0 Å². The van der Waals surface area contributed by atoms with Crippen molar-refractivity contribution in [1.82, 2.24) is 0 Å². The van der Waals surface area contributed by atoms with Crippen LogP contribution in [0.5, 0.6) is 0 Å². The molecule has 0 saturated heterocycles. The number of aryl methyl sites for hydroxylation is 1. The minimum absolute atomic E-state index is 0.172. The second-order valence-electron chi connectivity index (χ2n) is 3.68. The first-order chi connectivity index (χ1) is 5.61. The SMILES string of the molecule is Cc1ccc([C@@H](N)C(C)C)cc1. The molecule has 0 bridgehead atoms. The van der Waals surface area contributed by atoms with Gasteiger partial charge in [0.05, 0.1) is 0 Å². The molecule has 0 heterocycles. The molecule has 1 rings (SSSR count). The first-order valence-electron chi connectivity index (χ1n) is 4.43. The number of nitrogens with two attached hydrogens (primary N) is 1. The largest absolute Gasteiger partial charge is 0.324 e. The summed E-state index contributed by atoms with van der Waals surface area (Å²) in [6.45, 7) is 6.37. The Morgan fingerprint density at radius 3 is 2.00 bits per heavy atom. The number of benzene rings is 1. The second kappa shape index (κ2) is 3.72. The van der Waals surface area contributed by atoms with Gasteiger partial charge in [-0.1, -0.05) is 43.7 Å². The third-order valence-electron chi connectivity index (χ3n) is 2.18. The molecule has 1 nitrogen and oxygen atoms in total. The minimum atomic E-state index is 0.172. The van der Waals surface area contributed by atoms with Gasteiger partial charge in [-0.25, -0.2) is 0 Å². The lowest BCUT2D eigenvalue weighted by molar-refractivity contribution is 0.514. The van der Waals surface area contributed by atoms with Gasteiger partial charge in [0.1, 0.15) is 0 Å². The van der Waals surface area contributed by atoms with Crippen LogP contribution in [0.4, 0.5) is 0 Å². The highest BCUT2D eigenvalue weighted by molar-refractivity contribution is 5.24. The van der Waals surface area contributed by atoms with E-state index >= 15 is 0 Å². The van der Waals surface area contributed by atoms with Crippen LogP contribution < -0.4 is 5.73 Å². The van der Waals surface area contributed by atoms with Crippen LogP contribution in [-0.2, 0) is 0 Å². The van der Waals surface area contributed by atoms with Crippen LogP contribution in [-0.4, -0.2) is 0 Å². The van der Waals surface area contributed by atoms with E-state index in [1.807, 2.05) is 0 Å². The van der Waals surface area contributed by atoms with Crippen molar-refractivity contribution in [2.24, 2.45) is 11.7 Å². The predicted octanol–water partition coefficient (Wildman–Crippen LogP) is 2.65. The topological polar surface area (TPSA) is 26.0 Å². The van der Waals surface area contributed by atoms with E-state index in [0.717, 1.165) is 0 Å². The average molecular weight is 163 g/mol. The quantitative estimate of drug-likeness (QED) is 0.712. The Bertz CT molecular complexity index is 236. The molecule has 0 amide bonds. The van der Waals surface area contributed by atoms with Crippen LogP contribution in [0, 0.1) is 12.8 Å². The summed E-state index contributed by atoms with van der Waals surface area (Å²) >= 11 is 0. The van der Waals surface area contributed by atoms with Crippen molar-refractivity contribution in [2.45, 2.75) is 26.8 Å². The summed E-state index contributed by atoms with van der Waals surface area (Å²) in [5.41, 5.74) is 8.51. The van der Waals surface area contributed by atoms with Gasteiger partial charge in [0, 0.05) is 6.04 Å². The van der Waals surface area contributed by atoms with Gasteiger partial charge in [0.15, 0.2) is 0 Å². The van der Waals surface area contributed by atoms with Crippen molar-refractivity contribution in [3.05, 3.63) is 35.4 Å². The van der Waals surface area contributed by atoms with E-state index < -0.39 is 0 Å². The lowest BCUT2D eigenvalue weighted by Crippen LogP contribution is -2.16. The van der Waals surface area contributed by atoms with Gasteiger partial charge in [-0.2, -0.15) is 0 Å². The fourth-order valence-corrected chi connectivity index (χ4v) is 1.17. The Hall–Kier alpha value is -0.820. The molecule has 1 atom stereocenters. The van der Waals surface area contributed by atoms with Gasteiger partial charge < -0.3 is 5.73 Å². The Balaban J connectivity index is 2.82. The number of hydrogen-bond acceptors (Lipinski definition) is 1. The van der Waals surface area contributed by atoms with Gasteiger partial charge in [-0.15, -0.1) is 0 Å². The highest BCUT2D eigenvalue weighted by Crippen LogP contribution is 2.18. The average Bonchev–Trinajstić information content (AvgIpc) is 2.04. The highest BCUT2D eigenvalue weighted by atomic mass is 14.6. The molecule has 0 radical (unpaired) electrons. The molecule has 2 N–H and O–H groups in total. The lowest BCUT2D eigenvalue weighted by Gasteiger charge is -2.15. The lowest BCUT2D eigenvalue weighted by atomic mass is 9.96. The smallest absolute Gasteiger partial charge is 0.0318 e. The standard InChI is InChI=1S/C11H17N/c1-8(2)11(12)10-6-4-9(3)5-7-10/h4-8,11H,12H2,1-3H3/t11-/m0/s1. The molecule has 1 aromatic carbocycles. The maximum atomic E-state index is 5.99. The van der Waals surface area contributed by atoms with Gasteiger partial charge in [-0.05, 0) is 18.4 Å². The molecule has 12 heavy (non-hydrogen) atoms.